The normalized spacial score (nSPS) is 13.9. The lowest BCUT2D eigenvalue weighted by molar-refractivity contribution is -0.122. The van der Waals surface area contributed by atoms with E-state index in [2.05, 4.69) is 5.32 Å². The van der Waals surface area contributed by atoms with Gasteiger partial charge in [0, 0.05) is 6.54 Å². The van der Waals surface area contributed by atoms with E-state index < -0.39 is 0 Å². The summed E-state index contributed by atoms with van der Waals surface area (Å²) < 4.78 is 5.09. The second-order valence-electron chi connectivity index (χ2n) is 5.39. The monoisotopic (exact) mass is 279 g/mol. The van der Waals surface area contributed by atoms with Crippen molar-refractivity contribution in [1.29, 1.82) is 0 Å². The molecule has 1 rings (SSSR count). The van der Waals surface area contributed by atoms with Gasteiger partial charge >= 0.3 is 0 Å². The predicted octanol–water partition coefficient (Wildman–Crippen LogP) is 2.32. The highest BCUT2D eigenvalue weighted by Crippen LogP contribution is 2.19. The van der Waals surface area contributed by atoms with Crippen LogP contribution in [0.5, 0.6) is 5.75 Å². The predicted molar refractivity (Wildman–Crippen MR) is 79.9 cm³/mol. The fourth-order valence-corrected chi connectivity index (χ4v) is 1.87. The lowest BCUT2D eigenvalue weighted by Crippen LogP contribution is -2.31. The zero-order chi connectivity index (χ0) is 15.1. The average Bonchev–Trinajstić information content (AvgIpc) is 2.46. The van der Waals surface area contributed by atoms with Crippen molar-refractivity contribution in [1.82, 2.24) is 5.32 Å². The Kier molecular flexibility index (Phi) is 6.52. The molecule has 1 aromatic rings. The summed E-state index contributed by atoms with van der Waals surface area (Å²) in [5, 5.41) is 12.6. The number of carbonyl (C=O) groups is 1. The van der Waals surface area contributed by atoms with Crippen LogP contribution >= 0.6 is 0 Å². The van der Waals surface area contributed by atoms with E-state index in [0.717, 1.165) is 11.3 Å². The molecule has 0 saturated heterocycles. The summed E-state index contributed by atoms with van der Waals surface area (Å²) in [6.45, 7) is 6.30. The molecule has 112 valence electrons. The van der Waals surface area contributed by atoms with Gasteiger partial charge in [-0.3, -0.25) is 4.79 Å². The quantitative estimate of drug-likeness (QED) is 0.805. The van der Waals surface area contributed by atoms with Gasteiger partial charge in [-0.15, -0.1) is 0 Å². The number of aliphatic hydroxyl groups excluding tert-OH is 1. The molecule has 0 aliphatic heterocycles. The molecule has 0 heterocycles. The van der Waals surface area contributed by atoms with Crippen molar-refractivity contribution < 1.29 is 14.6 Å². The third-order valence-corrected chi connectivity index (χ3v) is 3.52. The molecule has 0 aliphatic carbocycles. The molecule has 0 saturated carbocycles. The van der Waals surface area contributed by atoms with E-state index in [0.29, 0.717) is 13.0 Å². The number of methoxy groups -OCH3 is 1. The van der Waals surface area contributed by atoms with Gasteiger partial charge in [-0.25, -0.2) is 0 Å². The number of ether oxygens (including phenoxy) is 1. The fraction of sp³-hybridized carbons (Fsp3) is 0.562. The third kappa shape index (κ3) is 4.85. The Balaban J connectivity index is 2.45. The van der Waals surface area contributed by atoms with Gasteiger partial charge in [-0.05, 0) is 37.0 Å². The van der Waals surface area contributed by atoms with Crippen molar-refractivity contribution in [2.45, 2.75) is 39.2 Å². The highest BCUT2D eigenvalue weighted by molar-refractivity contribution is 5.83. The Hall–Kier alpha value is -1.55. The van der Waals surface area contributed by atoms with Crippen molar-refractivity contribution in [2.75, 3.05) is 13.7 Å². The van der Waals surface area contributed by atoms with Gasteiger partial charge in [0.25, 0.3) is 0 Å². The molecule has 1 aromatic carbocycles. The molecule has 1 amide bonds. The van der Waals surface area contributed by atoms with Crippen LogP contribution in [0.15, 0.2) is 24.3 Å². The first-order valence-corrected chi connectivity index (χ1v) is 7.05. The smallest absolute Gasteiger partial charge is 0.227 e. The highest BCUT2D eigenvalue weighted by Gasteiger charge is 2.16. The summed E-state index contributed by atoms with van der Waals surface area (Å²) in [6.07, 6.45) is 0.213. The van der Waals surface area contributed by atoms with Gasteiger partial charge in [0.2, 0.25) is 5.91 Å². The van der Waals surface area contributed by atoms with Gasteiger partial charge < -0.3 is 15.2 Å². The van der Waals surface area contributed by atoms with E-state index in [4.69, 9.17) is 4.74 Å². The maximum atomic E-state index is 12.0. The van der Waals surface area contributed by atoms with Crippen molar-refractivity contribution in [2.24, 2.45) is 5.92 Å². The summed E-state index contributed by atoms with van der Waals surface area (Å²) in [4.78, 5) is 12.0. The highest BCUT2D eigenvalue weighted by atomic mass is 16.5. The van der Waals surface area contributed by atoms with Crippen molar-refractivity contribution in [3.05, 3.63) is 29.8 Å². The molecule has 2 unspecified atom stereocenters. The zero-order valence-electron chi connectivity index (χ0n) is 12.7. The van der Waals surface area contributed by atoms with E-state index in [-0.39, 0.29) is 23.8 Å². The molecule has 4 heteroatoms. The topological polar surface area (TPSA) is 58.6 Å². The van der Waals surface area contributed by atoms with Crippen LogP contribution in [-0.2, 0) is 4.79 Å². The largest absolute Gasteiger partial charge is 0.497 e. The van der Waals surface area contributed by atoms with Crippen LogP contribution in [0.25, 0.3) is 0 Å². The average molecular weight is 279 g/mol. The number of amides is 1. The maximum absolute atomic E-state index is 12.0. The number of hydrogen-bond donors (Lipinski definition) is 2. The number of benzene rings is 1. The van der Waals surface area contributed by atoms with E-state index in [1.807, 2.05) is 45.0 Å². The van der Waals surface area contributed by atoms with E-state index in [1.165, 1.54) is 0 Å². The SMILES string of the molecule is COc1ccc(C(C)C(=O)NCCC(O)C(C)C)cc1. The number of rotatable bonds is 7. The lowest BCUT2D eigenvalue weighted by Gasteiger charge is -2.16. The summed E-state index contributed by atoms with van der Waals surface area (Å²) in [6, 6.07) is 7.49. The van der Waals surface area contributed by atoms with Crippen molar-refractivity contribution >= 4 is 5.91 Å². The molecule has 0 aromatic heterocycles. The Morgan fingerprint density at radius 3 is 2.35 bits per heavy atom. The van der Waals surface area contributed by atoms with Gasteiger partial charge in [-0.2, -0.15) is 0 Å². The summed E-state index contributed by atoms with van der Waals surface area (Å²) in [5.41, 5.74) is 0.952. The van der Waals surface area contributed by atoms with E-state index in [1.54, 1.807) is 7.11 Å². The third-order valence-electron chi connectivity index (χ3n) is 3.52. The summed E-state index contributed by atoms with van der Waals surface area (Å²) in [5.74, 6) is 0.760. The second kappa shape index (κ2) is 7.90. The number of hydrogen-bond acceptors (Lipinski definition) is 3. The standard InChI is InChI=1S/C16H25NO3/c1-11(2)15(18)9-10-17-16(19)12(3)13-5-7-14(20-4)8-6-13/h5-8,11-12,15,18H,9-10H2,1-4H3,(H,17,19). The Morgan fingerprint density at radius 1 is 1.25 bits per heavy atom. The first kappa shape index (κ1) is 16.5. The van der Waals surface area contributed by atoms with Crippen molar-refractivity contribution in [3.8, 4) is 5.75 Å². The molecule has 20 heavy (non-hydrogen) atoms. The van der Waals surface area contributed by atoms with Crippen LogP contribution in [-0.4, -0.2) is 30.8 Å². The van der Waals surface area contributed by atoms with Crippen LogP contribution in [0.2, 0.25) is 0 Å². The summed E-state index contributed by atoms with van der Waals surface area (Å²) >= 11 is 0. The van der Waals surface area contributed by atoms with Gasteiger partial charge in [-0.1, -0.05) is 26.0 Å². The van der Waals surface area contributed by atoms with Crippen LogP contribution in [0.1, 0.15) is 38.7 Å². The Labute approximate surface area is 121 Å². The molecule has 0 radical (unpaired) electrons. The molecule has 4 nitrogen and oxygen atoms in total. The number of carbonyl (C=O) groups excluding carboxylic acids is 1. The molecule has 0 spiro atoms. The molecule has 2 N–H and O–H groups in total. The zero-order valence-corrected chi connectivity index (χ0v) is 12.7. The van der Waals surface area contributed by atoms with Gasteiger partial charge in [0.15, 0.2) is 0 Å². The molecule has 0 bridgehead atoms. The van der Waals surface area contributed by atoms with Crippen LogP contribution in [0.3, 0.4) is 0 Å². The number of aliphatic hydroxyl groups is 1. The van der Waals surface area contributed by atoms with Crippen molar-refractivity contribution in [3.63, 3.8) is 0 Å². The number of nitrogens with one attached hydrogen (secondary N) is 1. The molecule has 0 aliphatic rings. The fourth-order valence-electron chi connectivity index (χ4n) is 1.87. The van der Waals surface area contributed by atoms with Gasteiger partial charge in [0.1, 0.15) is 5.75 Å². The molecular weight excluding hydrogens is 254 g/mol. The molecule has 2 atom stereocenters. The minimum atomic E-state index is -0.369. The first-order chi connectivity index (χ1) is 9.45. The van der Waals surface area contributed by atoms with Gasteiger partial charge in [0.05, 0.1) is 19.1 Å². The lowest BCUT2D eigenvalue weighted by atomic mass is 10.00. The minimum absolute atomic E-state index is 0.0221. The van der Waals surface area contributed by atoms with Crippen LogP contribution in [0, 0.1) is 5.92 Å². The van der Waals surface area contributed by atoms with Crippen LogP contribution in [0.4, 0.5) is 0 Å². The minimum Gasteiger partial charge on any atom is -0.497 e. The maximum Gasteiger partial charge on any atom is 0.227 e. The van der Waals surface area contributed by atoms with Crippen LogP contribution < -0.4 is 10.1 Å². The molecular formula is C16H25NO3. The van der Waals surface area contributed by atoms with E-state index >= 15 is 0 Å². The second-order valence-corrected chi connectivity index (χ2v) is 5.39. The Morgan fingerprint density at radius 2 is 1.85 bits per heavy atom. The molecule has 0 fully saturated rings. The summed E-state index contributed by atoms with van der Waals surface area (Å²) in [7, 11) is 1.62. The van der Waals surface area contributed by atoms with E-state index in [9.17, 15) is 9.90 Å². The Bertz CT molecular complexity index is 414. The first-order valence-electron chi connectivity index (χ1n) is 7.05.